The summed E-state index contributed by atoms with van der Waals surface area (Å²) in [7, 11) is -3.56. The Hall–Kier alpha value is -2.48. The molecule has 1 aliphatic rings. The number of halogens is 1. The van der Waals surface area contributed by atoms with Crippen LogP contribution >= 0.6 is 0 Å². The first kappa shape index (κ1) is 16.4. The largest absolute Gasteiger partial charge is 0.310 e. The average Bonchev–Trinajstić information content (AvgIpc) is 3.26. The molecule has 0 unspecified atom stereocenters. The van der Waals surface area contributed by atoms with E-state index in [1.165, 1.54) is 18.3 Å². The van der Waals surface area contributed by atoms with Gasteiger partial charge < -0.3 is 5.32 Å². The van der Waals surface area contributed by atoms with E-state index in [-0.39, 0.29) is 18.0 Å². The molecule has 1 amide bonds. The fraction of sp³-hybridized carbons (Fsp3) is 0.250. The number of carbonyl (C=O) groups is 1. The first-order valence-corrected chi connectivity index (χ1v) is 9.03. The van der Waals surface area contributed by atoms with Crippen molar-refractivity contribution in [3.8, 4) is 0 Å². The normalized spacial score (nSPS) is 19.5. The number of amides is 1. The molecule has 0 aliphatic heterocycles. The van der Waals surface area contributed by atoms with Crippen molar-refractivity contribution in [1.82, 2.24) is 4.98 Å². The van der Waals surface area contributed by atoms with E-state index in [2.05, 4.69) is 15.0 Å². The van der Waals surface area contributed by atoms with Gasteiger partial charge in [0.1, 0.15) is 12.0 Å². The van der Waals surface area contributed by atoms with Crippen LogP contribution in [0.3, 0.4) is 0 Å². The number of nitrogens with one attached hydrogen (secondary N) is 2. The topological polar surface area (TPSA) is 88.2 Å². The van der Waals surface area contributed by atoms with E-state index in [1.54, 1.807) is 24.3 Å². The SMILES string of the molecule is O=C(Nc1ccc(NS(=O)(=O)Cc2ccccc2)cn1)[C@@H]1C[C@@H]1F. The van der Waals surface area contributed by atoms with E-state index in [0.29, 0.717) is 11.3 Å². The quantitative estimate of drug-likeness (QED) is 0.838. The van der Waals surface area contributed by atoms with Gasteiger partial charge in [-0.25, -0.2) is 17.8 Å². The van der Waals surface area contributed by atoms with Gasteiger partial charge >= 0.3 is 0 Å². The van der Waals surface area contributed by atoms with Gasteiger partial charge in [-0.15, -0.1) is 0 Å². The van der Waals surface area contributed by atoms with Gasteiger partial charge in [-0.3, -0.25) is 9.52 Å². The molecule has 3 rings (SSSR count). The molecule has 1 fully saturated rings. The summed E-state index contributed by atoms with van der Waals surface area (Å²) in [6.07, 6.45) is 0.468. The number of hydrogen-bond acceptors (Lipinski definition) is 4. The number of hydrogen-bond donors (Lipinski definition) is 2. The molecule has 0 spiro atoms. The molecule has 24 heavy (non-hydrogen) atoms. The van der Waals surface area contributed by atoms with Gasteiger partial charge in [-0.1, -0.05) is 30.3 Å². The van der Waals surface area contributed by atoms with Gasteiger partial charge in [0.05, 0.1) is 23.6 Å². The number of nitrogens with zero attached hydrogens (tertiary/aromatic N) is 1. The van der Waals surface area contributed by atoms with Crippen LogP contribution in [0.25, 0.3) is 0 Å². The Kier molecular flexibility index (Phi) is 4.48. The average molecular weight is 349 g/mol. The third-order valence-electron chi connectivity index (χ3n) is 3.54. The smallest absolute Gasteiger partial charge is 0.236 e. The number of sulfonamides is 1. The minimum atomic E-state index is -3.56. The zero-order chi connectivity index (χ0) is 17.2. The van der Waals surface area contributed by atoms with Crippen LogP contribution in [0.1, 0.15) is 12.0 Å². The molecule has 2 atom stereocenters. The third kappa shape index (κ3) is 4.29. The monoisotopic (exact) mass is 349 g/mol. The maximum atomic E-state index is 12.8. The lowest BCUT2D eigenvalue weighted by Gasteiger charge is -2.09. The molecule has 6 nitrogen and oxygen atoms in total. The molecule has 1 aromatic carbocycles. The van der Waals surface area contributed by atoms with Crippen LogP contribution < -0.4 is 10.0 Å². The van der Waals surface area contributed by atoms with Crippen LogP contribution in [0.5, 0.6) is 0 Å². The summed E-state index contributed by atoms with van der Waals surface area (Å²) >= 11 is 0. The highest BCUT2D eigenvalue weighted by Crippen LogP contribution is 2.34. The molecular formula is C16H16FN3O3S. The van der Waals surface area contributed by atoms with E-state index in [1.807, 2.05) is 6.07 Å². The van der Waals surface area contributed by atoms with Gasteiger partial charge in [0.25, 0.3) is 0 Å². The van der Waals surface area contributed by atoms with E-state index in [9.17, 15) is 17.6 Å². The highest BCUT2D eigenvalue weighted by atomic mass is 32.2. The summed E-state index contributed by atoms with van der Waals surface area (Å²) in [6.45, 7) is 0. The zero-order valence-corrected chi connectivity index (χ0v) is 13.5. The summed E-state index contributed by atoms with van der Waals surface area (Å²) < 4.78 is 39.5. The van der Waals surface area contributed by atoms with Crippen LogP contribution in [-0.2, 0) is 20.6 Å². The van der Waals surface area contributed by atoms with Crippen LogP contribution in [0.15, 0.2) is 48.7 Å². The van der Waals surface area contributed by atoms with Crippen molar-refractivity contribution in [2.45, 2.75) is 18.3 Å². The standard InChI is InChI=1S/C16H16FN3O3S/c17-14-8-13(14)16(21)19-15-7-6-12(9-18-15)20-24(22,23)10-11-4-2-1-3-5-11/h1-7,9,13-14,20H,8,10H2,(H,18,19,21)/t13-,14+/m1/s1. The number of benzene rings is 1. The van der Waals surface area contributed by atoms with Crippen molar-refractivity contribution in [2.75, 3.05) is 10.0 Å². The molecule has 0 radical (unpaired) electrons. The number of rotatable bonds is 6. The Morgan fingerprint density at radius 3 is 2.50 bits per heavy atom. The van der Waals surface area contributed by atoms with Gasteiger partial charge in [0.2, 0.25) is 15.9 Å². The zero-order valence-electron chi connectivity index (χ0n) is 12.6. The van der Waals surface area contributed by atoms with E-state index in [0.717, 1.165) is 0 Å². The van der Waals surface area contributed by atoms with Crippen LogP contribution in [0.4, 0.5) is 15.9 Å². The molecule has 126 valence electrons. The van der Waals surface area contributed by atoms with Gasteiger partial charge in [0.15, 0.2) is 0 Å². The predicted octanol–water partition coefficient (Wildman–Crippen LogP) is 2.32. The van der Waals surface area contributed by atoms with E-state index in [4.69, 9.17) is 0 Å². The lowest BCUT2D eigenvalue weighted by molar-refractivity contribution is -0.117. The minimum Gasteiger partial charge on any atom is -0.310 e. The van der Waals surface area contributed by atoms with Gasteiger partial charge in [-0.05, 0) is 24.1 Å². The fourth-order valence-corrected chi connectivity index (χ4v) is 3.38. The molecule has 0 bridgehead atoms. The number of alkyl halides is 1. The summed E-state index contributed by atoms with van der Waals surface area (Å²) in [5.41, 5.74) is 0.964. The molecule has 1 saturated carbocycles. The molecule has 0 saturated heterocycles. The number of carbonyl (C=O) groups excluding carboxylic acids is 1. The maximum Gasteiger partial charge on any atom is 0.236 e. The molecule has 2 N–H and O–H groups in total. The molecule has 8 heteroatoms. The second-order valence-electron chi connectivity index (χ2n) is 5.63. The van der Waals surface area contributed by atoms with Crippen molar-refractivity contribution in [3.63, 3.8) is 0 Å². The van der Waals surface area contributed by atoms with Gasteiger partial charge in [-0.2, -0.15) is 0 Å². The Morgan fingerprint density at radius 1 is 1.21 bits per heavy atom. The first-order valence-electron chi connectivity index (χ1n) is 7.38. The summed E-state index contributed by atoms with van der Waals surface area (Å²) in [6, 6.07) is 11.8. The van der Waals surface area contributed by atoms with Crippen molar-refractivity contribution >= 4 is 27.4 Å². The van der Waals surface area contributed by atoms with Gasteiger partial charge in [0, 0.05) is 0 Å². The summed E-state index contributed by atoms with van der Waals surface area (Å²) in [5, 5.41) is 2.50. The van der Waals surface area contributed by atoms with Crippen molar-refractivity contribution in [3.05, 3.63) is 54.2 Å². The number of anilines is 2. The molecule has 1 aromatic heterocycles. The van der Waals surface area contributed by atoms with Crippen molar-refractivity contribution < 1.29 is 17.6 Å². The molecule has 1 heterocycles. The predicted molar refractivity (Wildman–Crippen MR) is 88.6 cm³/mol. The Morgan fingerprint density at radius 2 is 1.92 bits per heavy atom. The third-order valence-corrected chi connectivity index (χ3v) is 4.80. The molecular weight excluding hydrogens is 333 g/mol. The second-order valence-corrected chi connectivity index (χ2v) is 7.35. The first-order chi connectivity index (χ1) is 11.4. The molecule has 1 aliphatic carbocycles. The van der Waals surface area contributed by atoms with Crippen molar-refractivity contribution in [2.24, 2.45) is 5.92 Å². The van der Waals surface area contributed by atoms with Crippen molar-refractivity contribution in [1.29, 1.82) is 0 Å². The van der Waals surface area contributed by atoms with Crippen LogP contribution in [-0.4, -0.2) is 25.5 Å². The van der Waals surface area contributed by atoms with Crippen LogP contribution in [0, 0.1) is 5.92 Å². The van der Waals surface area contributed by atoms with Crippen LogP contribution in [0.2, 0.25) is 0 Å². The Bertz CT molecular complexity index is 825. The fourth-order valence-electron chi connectivity index (χ4n) is 2.19. The van der Waals surface area contributed by atoms with E-state index >= 15 is 0 Å². The number of aromatic nitrogens is 1. The maximum absolute atomic E-state index is 12.8. The summed E-state index contributed by atoms with van der Waals surface area (Å²) in [4.78, 5) is 15.6. The Balaban J connectivity index is 1.60. The number of pyridine rings is 1. The lowest BCUT2D eigenvalue weighted by Crippen LogP contribution is -2.17. The highest BCUT2D eigenvalue weighted by Gasteiger charge is 2.43. The second kappa shape index (κ2) is 6.56. The molecule has 2 aromatic rings. The summed E-state index contributed by atoms with van der Waals surface area (Å²) in [5.74, 6) is -0.903. The Labute approximate surface area is 139 Å². The minimum absolute atomic E-state index is 0.147. The lowest BCUT2D eigenvalue weighted by atomic mass is 10.2. The van der Waals surface area contributed by atoms with E-state index < -0.39 is 28.0 Å². The highest BCUT2D eigenvalue weighted by molar-refractivity contribution is 7.91.